The van der Waals surface area contributed by atoms with Crippen molar-refractivity contribution in [2.75, 3.05) is 7.11 Å². The van der Waals surface area contributed by atoms with Crippen LogP contribution in [0.15, 0.2) is 42.5 Å². The molecular formula is C16H13ClN2O. The number of hydrogen-bond donors (Lipinski definition) is 0. The van der Waals surface area contributed by atoms with Crippen LogP contribution in [0.25, 0.3) is 22.2 Å². The Labute approximate surface area is 122 Å². The molecule has 0 amide bonds. The van der Waals surface area contributed by atoms with Crippen LogP contribution < -0.4 is 4.74 Å². The molecule has 100 valence electrons. The lowest BCUT2D eigenvalue weighted by Crippen LogP contribution is -1.94. The molecule has 1 heterocycles. The highest BCUT2D eigenvalue weighted by Gasteiger charge is 2.11. The molecule has 3 rings (SSSR count). The molecule has 0 spiro atoms. The smallest absolute Gasteiger partial charge is 0.161 e. The van der Waals surface area contributed by atoms with Gasteiger partial charge in [0.05, 0.1) is 7.11 Å². The summed E-state index contributed by atoms with van der Waals surface area (Å²) in [5.41, 5.74) is 1.80. The lowest BCUT2D eigenvalue weighted by Gasteiger charge is -2.10. The van der Waals surface area contributed by atoms with Gasteiger partial charge in [-0.1, -0.05) is 35.9 Å². The molecule has 0 atom stereocenters. The van der Waals surface area contributed by atoms with Gasteiger partial charge < -0.3 is 4.74 Å². The summed E-state index contributed by atoms with van der Waals surface area (Å²) in [6.45, 7) is 1.91. The van der Waals surface area contributed by atoms with Crippen LogP contribution in [0.1, 0.15) is 5.69 Å². The molecule has 4 heteroatoms. The lowest BCUT2D eigenvalue weighted by molar-refractivity contribution is 0.420. The summed E-state index contributed by atoms with van der Waals surface area (Å²) in [6.07, 6.45) is 0. The third-order valence-electron chi connectivity index (χ3n) is 3.17. The van der Waals surface area contributed by atoms with Crippen molar-refractivity contribution in [3.8, 4) is 17.1 Å². The van der Waals surface area contributed by atoms with Crippen LogP contribution in [0.4, 0.5) is 0 Å². The SMILES string of the molecule is COc1ccc(-c2nc(C)cc(Cl)n2)c2ccccc12. The van der Waals surface area contributed by atoms with Gasteiger partial charge in [-0.3, -0.25) is 0 Å². The second-order valence-electron chi connectivity index (χ2n) is 4.52. The van der Waals surface area contributed by atoms with Crippen LogP contribution in [-0.2, 0) is 0 Å². The van der Waals surface area contributed by atoms with Crippen LogP contribution in [0.3, 0.4) is 0 Å². The molecule has 1 aromatic heterocycles. The molecule has 0 saturated heterocycles. The molecule has 0 aliphatic rings. The minimum atomic E-state index is 0.451. The highest BCUT2D eigenvalue weighted by Crippen LogP contribution is 2.33. The number of aryl methyl sites for hydroxylation is 1. The van der Waals surface area contributed by atoms with E-state index in [-0.39, 0.29) is 0 Å². The Morgan fingerprint density at radius 2 is 1.75 bits per heavy atom. The fourth-order valence-corrected chi connectivity index (χ4v) is 2.53. The Kier molecular flexibility index (Phi) is 3.28. The van der Waals surface area contributed by atoms with Crippen LogP contribution in [0.5, 0.6) is 5.75 Å². The third-order valence-corrected chi connectivity index (χ3v) is 3.36. The Balaban J connectivity index is 2.31. The monoisotopic (exact) mass is 284 g/mol. The maximum Gasteiger partial charge on any atom is 0.161 e. The summed E-state index contributed by atoms with van der Waals surface area (Å²) in [5, 5.41) is 2.54. The fourth-order valence-electron chi connectivity index (χ4n) is 2.29. The van der Waals surface area contributed by atoms with Crippen molar-refractivity contribution in [2.45, 2.75) is 6.92 Å². The van der Waals surface area contributed by atoms with Crippen LogP contribution in [-0.4, -0.2) is 17.1 Å². The van der Waals surface area contributed by atoms with Crippen molar-refractivity contribution in [3.63, 3.8) is 0 Å². The van der Waals surface area contributed by atoms with Crippen molar-refractivity contribution in [2.24, 2.45) is 0 Å². The van der Waals surface area contributed by atoms with E-state index in [2.05, 4.69) is 9.97 Å². The van der Waals surface area contributed by atoms with E-state index >= 15 is 0 Å². The number of benzene rings is 2. The summed E-state index contributed by atoms with van der Waals surface area (Å²) in [5.74, 6) is 1.47. The molecule has 2 aromatic carbocycles. The van der Waals surface area contributed by atoms with E-state index in [9.17, 15) is 0 Å². The van der Waals surface area contributed by atoms with Gasteiger partial charge in [-0.2, -0.15) is 0 Å². The van der Waals surface area contributed by atoms with Crippen molar-refractivity contribution in [1.29, 1.82) is 0 Å². The maximum atomic E-state index is 6.03. The highest BCUT2D eigenvalue weighted by atomic mass is 35.5. The van der Waals surface area contributed by atoms with Gasteiger partial charge in [0.2, 0.25) is 0 Å². The summed E-state index contributed by atoms with van der Waals surface area (Å²) in [7, 11) is 1.67. The summed E-state index contributed by atoms with van der Waals surface area (Å²) >= 11 is 6.03. The number of rotatable bonds is 2. The Bertz CT molecular complexity index is 766. The zero-order valence-electron chi connectivity index (χ0n) is 11.2. The zero-order chi connectivity index (χ0) is 14.1. The molecule has 3 aromatic rings. The number of ether oxygens (including phenoxy) is 1. The largest absolute Gasteiger partial charge is 0.496 e. The first-order valence-electron chi connectivity index (χ1n) is 6.26. The lowest BCUT2D eigenvalue weighted by atomic mass is 10.0. The number of hydrogen-bond acceptors (Lipinski definition) is 3. The molecule has 0 aliphatic heterocycles. The van der Waals surface area contributed by atoms with E-state index < -0.39 is 0 Å². The molecule has 0 saturated carbocycles. The van der Waals surface area contributed by atoms with E-state index in [1.54, 1.807) is 13.2 Å². The molecule has 0 radical (unpaired) electrons. The average Bonchev–Trinajstić information content (AvgIpc) is 2.45. The van der Waals surface area contributed by atoms with Gasteiger partial charge in [0, 0.05) is 16.6 Å². The van der Waals surface area contributed by atoms with E-state index in [1.165, 1.54) is 0 Å². The molecular weight excluding hydrogens is 272 g/mol. The summed E-state index contributed by atoms with van der Waals surface area (Å²) in [6, 6.07) is 13.7. The Hall–Kier alpha value is -2.13. The maximum absolute atomic E-state index is 6.03. The van der Waals surface area contributed by atoms with Crippen LogP contribution >= 0.6 is 11.6 Å². The fraction of sp³-hybridized carbons (Fsp3) is 0.125. The molecule has 3 nitrogen and oxygen atoms in total. The minimum Gasteiger partial charge on any atom is -0.496 e. The van der Waals surface area contributed by atoms with Crippen LogP contribution in [0.2, 0.25) is 5.15 Å². The quantitative estimate of drug-likeness (QED) is 0.659. The van der Waals surface area contributed by atoms with Crippen molar-refractivity contribution in [3.05, 3.63) is 53.3 Å². The van der Waals surface area contributed by atoms with E-state index in [1.807, 2.05) is 43.3 Å². The Morgan fingerprint density at radius 1 is 1.00 bits per heavy atom. The van der Waals surface area contributed by atoms with Gasteiger partial charge >= 0.3 is 0 Å². The first kappa shape index (κ1) is 12.9. The average molecular weight is 285 g/mol. The van der Waals surface area contributed by atoms with Gasteiger partial charge in [0.15, 0.2) is 5.82 Å². The van der Waals surface area contributed by atoms with Gasteiger partial charge in [0.25, 0.3) is 0 Å². The normalized spacial score (nSPS) is 10.8. The van der Waals surface area contributed by atoms with Gasteiger partial charge in [0.1, 0.15) is 10.9 Å². The zero-order valence-corrected chi connectivity index (χ0v) is 12.0. The van der Waals surface area contributed by atoms with Crippen LogP contribution in [0, 0.1) is 6.92 Å². The van der Waals surface area contributed by atoms with Gasteiger partial charge in [-0.25, -0.2) is 9.97 Å². The molecule has 20 heavy (non-hydrogen) atoms. The van der Waals surface area contributed by atoms with Gasteiger partial charge in [-0.15, -0.1) is 0 Å². The molecule has 0 bridgehead atoms. The summed E-state index contributed by atoms with van der Waals surface area (Å²) < 4.78 is 5.40. The van der Waals surface area contributed by atoms with Crippen molar-refractivity contribution in [1.82, 2.24) is 9.97 Å². The second kappa shape index (κ2) is 5.10. The van der Waals surface area contributed by atoms with E-state index in [4.69, 9.17) is 16.3 Å². The predicted octanol–water partition coefficient (Wildman–Crippen LogP) is 4.27. The van der Waals surface area contributed by atoms with E-state index in [0.717, 1.165) is 27.8 Å². The molecule has 0 fully saturated rings. The number of methoxy groups -OCH3 is 1. The summed E-state index contributed by atoms with van der Waals surface area (Å²) in [4.78, 5) is 8.80. The van der Waals surface area contributed by atoms with E-state index in [0.29, 0.717) is 11.0 Å². The first-order valence-corrected chi connectivity index (χ1v) is 6.64. The van der Waals surface area contributed by atoms with Gasteiger partial charge in [-0.05, 0) is 30.5 Å². The standard InChI is InChI=1S/C16H13ClN2O/c1-10-9-15(17)19-16(18-10)13-7-8-14(20-2)12-6-4-3-5-11(12)13/h3-9H,1-2H3. The second-order valence-corrected chi connectivity index (χ2v) is 4.90. The topological polar surface area (TPSA) is 35.0 Å². The highest BCUT2D eigenvalue weighted by molar-refractivity contribution is 6.29. The Morgan fingerprint density at radius 3 is 2.45 bits per heavy atom. The number of fused-ring (bicyclic) bond motifs is 1. The minimum absolute atomic E-state index is 0.451. The molecule has 0 unspecified atom stereocenters. The molecule has 0 aliphatic carbocycles. The number of aromatic nitrogens is 2. The van der Waals surface area contributed by atoms with Crippen molar-refractivity contribution < 1.29 is 4.74 Å². The third kappa shape index (κ3) is 2.21. The van der Waals surface area contributed by atoms with Crippen molar-refractivity contribution >= 4 is 22.4 Å². The number of nitrogens with zero attached hydrogens (tertiary/aromatic N) is 2. The first-order chi connectivity index (χ1) is 9.69. The predicted molar refractivity (Wildman–Crippen MR) is 81.3 cm³/mol. The molecule has 0 N–H and O–H groups in total. The number of halogens is 1.